The van der Waals surface area contributed by atoms with Crippen LogP contribution in [0.4, 0.5) is 5.69 Å². The van der Waals surface area contributed by atoms with E-state index in [1.807, 2.05) is 0 Å². The minimum Gasteiger partial charge on any atom is -0.366 e. The van der Waals surface area contributed by atoms with Crippen LogP contribution in [-0.4, -0.2) is 19.1 Å². The first kappa shape index (κ1) is 9.95. The Kier molecular flexibility index (Phi) is 2.04. The monoisotopic (exact) mass is 228 g/mol. The highest BCUT2D eigenvalue weighted by Gasteiger charge is 2.43. The van der Waals surface area contributed by atoms with Crippen molar-refractivity contribution in [3.63, 3.8) is 0 Å². The van der Waals surface area contributed by atoms with Gasteiger partial charge >= 0.3 is 0 Å². The molecule has 1 fully saturated rings. The van der Waals surface area contributed by atoms with Crippen LogP contribution in [0, 0.1) is 0 Å². The van der Waals surface area contributed by atoms with E-state index in [9.17, 15) is 0 Å². The Hall–Kier alpha value is -1.02. The maximum absolute atomic E-state index is 3.63. The molecule has 1 aromatic rings. The molecule has 17 heavy (non-hydrogen) atoms. The summed E-state index contributed by atoms with van der Waals surface area (Å²) in [5.41, 5.74) is 4.75. The smallest absolute Gasteiger partial charge is 0.0453 e. The molecule has 0 radical (unpaired) electrons. The van der Waals surface area contributed by atoms with E-state index in [1.165, 1.54) is 31.4 Å². The second-order valence-corrected chi connectivity index (χ2v) is 5.76. The molecule has 0 spiro atoms. The standard InChI is InChI=1S/C15H20N2/c1-10-11-4-2-6-13-12-5-3-7-14(12)17(15(11)13)9-8-16-10/h2,4,6,10,12,14,16H,3,5,7-9H2,1H3/t10-,12-,14-/m0/s1. The van der Waals surface area contributed by atoms with Gasteiger partial charge in [0.05, 0.1) is 0 Å². The highest BCUT2D eigenvalue weighted by atomic mass is 15.2. The number of nitrogens with zero attached hydrogens (tertiary/aromatic N) is 1. The molecule has 0 aromatic heterocycles. The third-order valence-electron chi connectivity index (χ3n) is 4.93. The minimum atomic E-state index is 0.508. The van der Waals surface area contributed by atoms with Crippen LogP contribution >= 0.6 is 0 Å². The molecule has 2 nitrogen and oxygen atoms in total. The third-order valence-corrected chi connectivity index (χ3v) is 4.93. The van der Waals surface area contributed by atoms with E-state index < -0.39 is 0 Å². The van der Waals surface area contributed by atoms with Gasteiger partial charge in [-0.2, -0.15) is 0 Å². The van der Waals surface area contributed by atoms with Crippen molar-refractivity contribution in [3.05, 3.63) is 29.3 Å². The first-order valence-electron chi connectivity index (χ1n) is 6.99. The van der Waals surface area contributed by atoms with Crippen LogP contribution in [0.1, 0.15) is 49.3 Å². The predicted molar refractivity (Wildman–Crippen MR) is 70.6 cm³/mol. The van der Waals surface area contributed by atoms with Gasteiger partial charge in [0.15, 0.2) is 0 Å². The number of hydrogen-bond acceptors (Lipinski definition) is 2. The normalized spacial score (nSPS) is 34.4. The topological polar surface area (TPSA) is 15.3 Å². The fourth-order valence-electron chi connectivity index (χ4n) is 4.19. The summed E-state index contributed by atoms with van der Waals surface area (Å²) in [4.78, 5) is 2.71. The molecule has 1 saturated carbocycles. The fraction of sp³-hybridized carbons (Fsp3) is 0.600. The summed E-state index contributed by atoms with van der Waals surface area (Å²) in [5.74, 6) is 0.829. The summed E-state index contributed by atoms with van der Waals surface area (Å²) < 4.78 is 0. The van der Waals surface area contributed by atoms with Crippen LogP contribution in [0.25, 0.3) is 0 Å². The van der Waals surface area contributed by atoms with Gasteiger partial charge in [-0.3, -0.25) is 0 Å². The molecule has 0 saturated heterocycles. The number of hydrogen-bond donors (Lipinski definition) is 1. The maximum Gasteiger partial charge on any atom is 0.0453 e. The Labute approximate surface area is 103 Å². The van der Waals surface area contributed by atoms with Crippen molar-refractivity contribution in [2.24, 2.45) is 0 Å². The Morgan fingerprint density at radius 2 is 2.12 bits per heavy atom. The van der Waals surface area contributed by atoms with Gasteiger partial charge in [0, 0.05) is 36.8 Å². The molecule has 0 bridgehead atoms. The average Bonchev–Trinajstić information content (AvgIpc) is 2.86. The lowest BCUT2D eigenvalue weighted by molar-refractivity contribution is 0.553. The van der Waals surface area contributed by atoms with Crippen LogP contribution in [-0.2, 0) is 0 Å². The van der Waals surface area contributed by atoms with Crippen LogP contribution in [0.2, 0.25) is 0 Å². The summed E-state index contributed by atoms with van der Waals surface area (Å²) in [6.07, 6.45) is 4.21. The quantitative estimate of drug-likeness (QED) is 0.734. The second kappa shape index (κ2) is 3.49. The molecule has 0 unspecified atom stereocenters. The first-order chi connectivity index (χ1) is 8.36. The lowest BCUT2D eigenvalue weighted by Crippen LogP contribution is -2.35. The van der Waals surface area contributed by atoms with Crippen molar-refractivity contribution < 1.29 is 0 Å². The fourth-order valence-corrected chi connectivity index (χ4v) is 4.19. The molecule has 4 rings (SSSR count). The van der Waals surface area contributed by atoms with Gasteiger partial charge in [-0.1, -0.05) is 24.6 Å². The van der Waals surface area contributed by atoms with Crippen molar-refractivity contribution in [1.29, 1.82) is 0 Å². The zero-order chi connectivity index (χ0) is 11.4. The number of para-hydroxylation sites is 1. The van der Waals surface area contributed by atoms with E-state index in [2.05, 4.69) is 35.3 Å². The second-order valence-electron chi connectivity index (χ2n) is 5.76. The van der Waals surface area contributed by atoms with Gasteiger partial charge in [-0.15, -0.1) is 0 Å². The van der Waals surface area contributed by atoms with Crippen LogP contribution < -0.4 is 10.2 Å². The summed E-state index contributed by atoms with van der Waals surface area (Å²) in [6.45, 7) is 4.61. The number of rotatable bonds is 0. The van der Waals surface area contributed by atoms with E-state index >= 15 is 0 Å². The SMILES string of the molecule is C[C@@H]1NCCN2c3c1cccc3[C@@H]1CCC[C@@H]12. The lowest BCUT2D eigenvalue weighted by Gasteiger charge is -2.26. The van der Waals surface area contributed by atoms with E-state index in [0.717, 1.165) is 18.5 Å². The zero-order valence-corrected chi connectivity index (χ0v) is 10.4. The number of anilines is 1. The first-order valence-corrected chi connectivity index (χ1v) is 6.99. The average molecular weight is 228 g/mol. The minimum absolute atomic E-state index is 0.508. The highest BCUT2D eigenvalue weighted by molar-refractivity contribution is 5.68. The van der Waals surface area contributed by atoms with Crippen LogP contribution in [0.15, 0.2) is 18.2 Å². The molecule has 1 aliphatic carbocycles. The highest BCUT2D eigenvalue weighted by Crippen LogP contribution is 2.51. The van der Waals surface area contributed by atoms with Crippen molar-refractivity contribution in [3.8, 4) is 0 Å². The molecule has 3 atom stereocenters. The van der Waals surface area contributed by atoms with Crippen LogP contribution in [0.5, 0.6) is 0 Å². The molecule has 0 amide bonds. The largest absolute Gasteiger partial charge is 0.366 e. The van der Waals surface area contributed by atoms with Crippen molar-refractivity contribution in [2.75, 3.05) is 18.0 Å². The zero-order valence-electron chi connectivity index (χ0n) is 10.4. The van der Waals surface area contributed by atoms with Crippen molar-refractivity contribution in [1.82, 2.24) is 5.32 Å². The Bertz CT molecular complexity index is 454. The van der Waals surface area contributed by atoms with E-state index in [-0.39, 0.29) is 0 Å². The van der Waals surface area contributed by atoms with E-state index in [1.54, 1.807) is 11.3 Å². The molecule has 2 heteroatoms. The molecular weight excluding hydrogens is 208 g/mol. The van der Waals surface area contributed by atoms with Crippen molar-refractivity contribution in [2.45, 2.75) is 44.2 Å². The number of benzene rings is 1. The molecule has 2 heterocycles. The summed E-state index contributed by atoms with van der Waals surface area (Å²) in [6, 6.07) is 8.26. The lowest BCUT2D eigenvalue weighted by atomic mass is 9.94. The molecule has 1 N–H and O–H groups in total. The van der Waals surface area contributed by atoms with Gasteiger partial charge in [0.25, 0.3) is 0 Å². The van der Waals surface area contributed by atoms with Gasteiger partial charge in [-0.05, 0) is 30.9 Å². The molecule has 3 aliphatic rings. The van der Waals surface area contributed by atoms with E-state index in [4.69, 9.17) is 0 Å². The molecular formula is C15H20N2. The van der Waals surface area contributed by atoms with Crippen molar-refractivity contribution >= 4 is 5.69 Å². The summed E-state index contributed by atoms with van der Waals surface area (Å²) >= 11 is 0. The molecule has 90 valence electrons. The Balaban J connectivity index is 1.92. The maximum atomic E-state index is 3.63. The van der Waals surface area contributed by atoms with E-state index in [0.29, 0.717) is 6.04 Å². The third kappa shape index (κ3) is 1.25. The van der Waals surface area contributed by atoms with Gasteiger partial charge in [0.1, 0.15) is 0 Å². The van der Waals surface area contributed by atoms with Gasteiger partial charge in [0.2, 0.25) is 0 Å². The Morgan fingerprint density at radius 3 is 3.06 bits per heavy atom. The predicted octanol–water partition coefficient (Wildman–Crippen LogP) is 2.81. The number of nitrogens with one attached hydrogen (secondary N) is 1. The molecule has 2 aliphatic heterocycles. The summed E-state index contributed by atoms with van der Waals surface area (Å²) in [7, 11) is 0. The van der Waals surface area contributed by atoms with Gasteiger partial charge < -0.3 is 10.2 Å². The van der Waals surface area contributed by atoms with Crippen LogP contribution in [0.3, 0.4) is 0 Å². The Morgan fingerprint density at radius 1 is 1.24 bits per heavy atom. The summed E-state index contributed by atoms with van der Waals surface area (Å²) in [5, 5.41) is 3.63. The van der Waals surface area contributed by atoms with Gasteiger partial charge in [-0.25, -0.2) is 0 Å². The number of fused-ring (bicyclic) bond motifs is 3. The molecule has 1 aromatic carbocycles.